The lowest BCUT2D eigenvalue weighted by Crippen LogP contribution is -2.44. The van der Waals surface area contributed by atoms with Crippen molar-refractivity contribution >= 4 is 23.0 Å². The number of rotatable bonds is 10. The van der Waals surface area contributed by atoms with Gasteiger partial charge in [-0.15, -0.1) is 0 Å². The maximum Gasteiger partial charge on any atom is 0.312 e. The van der Waals surface area contributed by atoms with E-state index in [4.69, 9.17) is 9.29 Å². The van der Waals surface area contributed by atoms with E-state index < -0.39 is 27.5 Å². The van der Waals surface area contributed by atoms with Gasteiger partial charge < -0.3 is 14.6 Å². The molecule has 1 amide bonds. The molecule has 0 aliphatic rings. The van der Waals surface area contributed by atoms with Crippen LogP contribution in [0.4, 0.5) is 0 Å². The van der Waals surface area contributed by atoms with E-state index >= 15 is 0 Å². The smallest absolute Gasteiger partial charge is 0.312 e. The van der Waals surface area contributed by atoms with Crippen molar-refractivity contribution in [1.29, 1.82) is 0 Å². The molecular formula is C18H35NO5S. The fraction of sp³-hybridized carbons (Fsp3) is 0.889. The van der Waals surface area contributed by atoms with E-state index in [0.717, 1.165) is 6.42 Å². The van der Waals surface area contributed by atoms with Crippen molar-refractivity contribution < 1.29 is 23.1 Å². The Labute approximate surface area is 154 Å². The topological polar surface area (TPSA) is 92.7 Å². The van der Waals surface area contributed by atoms with Crippen LogP contribution >= 0.6 is 0 Å². The molecular weight excluding hydrogens is 342 g/mol. The molecule has 1 atom stereocenters. The maximum absolute atomic E-state index is 12.6. The van der Waals surface area contributed by atoms with Crippen molar-refractivity contribution in [2.75, 3.05) is 12.3 Å². The van der Waals surface area contributed by atoms with Crippen molar-refractivity contribution in [3.63, 3.8) is 0 Å². The van der Waals surface area contributed by atoms with Crippen molar-refractivity contribution in [3.8, 4) is 0 Å². The zero-order chi connectivity index (χ0) is 20.1. The van der Waals surface area contributed by atoms with Gasteiger partial charge in [-0.25, -0.2) is 4.21 Å². The zero-order valence-electron chi connectivity index (χ0n) is 16.9. The molecule has 0 aliphatic heterocycles. The van der Waals surface area contributed by atoms with E-state index in [1.807, 2.05) is 13.8 Å². The summed E-state index contributed by atoms with van der Waals surface area (Å²) in [7, 11) is 0. The molecule has 7 heteroatoms. The van der Waals surface area contributed by atoms with Gasteiger partial charge in [-0.1, -0.05) is 27.7 Å². The molecule has 0 bridgehead atoms. The highest BCUT2D eigenvalue weighted by atomic mass is 32.2. The molecule has 0 aliphatic carbocycles. The molecule has 148 valence electrons. The highest BCUT2D eigenvalue weighted by Crippen LogP contribution is 2.36. The largest absolute Gasteiger partial charge is 0.459 e. The van der Waals surface area contributed by atoms with Crippen LogP contribution in [0, 0.1) is 16.7 Å². The van der Waals surface area contributed by atoms with E-state index in [1.165, 1.54) is 0 Å². The third-order valence-corrected chi connectivity index (χ3v) is 4.44. The molecule has 0 aromatic heterocycles. The molecule has 1 unspecified atom stereocenters. The second-order valence-electron chi connectivity index (χ2n) is 8.97. The number of hydrogen-bond donors (Lipinski definition) is 2. The summed E-state index contributed by atoms with van der Waals surface area (Å²) in [6.07, 6.45) is 1.07. The Hall–Kier alpha value is -0.950. The van der Waals surface area contributed by atoms with E-state index in [2.05, 4.69) is 19.2 Å². The summed E-state index contributed by atoms with van der Waals surface area (Å²) >= 11 is -1.94. The summed E-state index contributed by atoms with van der Waals surface area (Å²) in [4.78, 5) is 25.0. The Morgan fingerprint density at radius 2 is 1.60 bits per heavy atom. The minimum atomic E-state index is -1.94. The van der Waals surface area contributed by atoms with Crippen LogP contribution in [-0.4, -0.2) is 38.5 Å². The van der Waals surface area contributed by atoms with E-state index in [9.17, 15) is 13.8 Å². The molecule has 2 N–H and O–H groups in total. The number of carbonyl (C=O) groups is 2. The standard InChI is InChI=1S/C18H35NO5S/c1-13(2)11-18(7,8)24-15(21)17(5,6)12-16(3,4)14(20)19-9-10-25(22)23/h13H,9-12H2,1-8H3,(H,19,20)(H,22,23). The predicted octanol–water partition coefficient (Wildman–Crippen LogP) is 3.13. The highest BCUT2D eigenvalue weighted by Gasteiger charge is 2.41. The van der Waals surface area contributed by atoms with Gasteiger partial charge in [0.25, 0.3) is 0 Å². The average molecular weight is 378 g/mol. The first-order chi connectivity index (χ1) is 11.1. The van der Waals surface area contributed by atoms with Crippen LogP contribution < -0.4 is 5.32 Å². The number of carbonyl (C=O) groups excluding carboxylic acids is 2. The minimum Gasteiger partial charge on any atom is -0.459 e. The summed E-state index contributed by atoms with van der Waals surface area (Å²) < 4.78 is 25.1. The van der Waals surface area contributed by atoms with E-state index in [0.29, 0.717) is 12.3 Å². The fourth-order valence-electron chi connectivity index (χ4n) is 3.16. The molecule has 0 aromatic carbocycles. The number of nitrogens with one attached hydrogen (secondary N) is 1. The van der Waals surface area contributed by atoms with Crippen molar-refractivity contribution in [1.82, 2.24) is 5.32 Å². The molecule has 0 saturated heterocycles. The molecule has 25 heavy (non-hydrogen) atoms. The van der Waals surface area contributed by atoms with Gasteiger partial charge in [0.05, 0.1) is 11.2 Å². The Morgan fingerprint density at radius 3 is 2.04 bits per heavy atom. The summed E-state index contributed by atoms with van der Waals surface area (Å²) in [5.41, 5.74) is -2.18. The van der Waals surface area contributed by atoms with Gasteiger partial charge in [0.2, 0.25) is 5.91 Å². The predicted molar refractivity (Wildman–Crippen MR) is 100 cm³/mol. The first kappa shape index (κ1) is 24.1. The van der Waals surface area contributed by atoms with Crippen LogP contribution in [0.3, 0.4) is 0 Å². The van der Waals surface area contributed by atoms with Gasteiger partial charge in [-0.2, -0.15) is 0 Å². The molecule has 0 radical (unpaired) electrons. The molecule has 0 fully saturated rings. The van der Waals surface area contributed by atoms with Crippen LogP contribution in [0.25, 0.3) is 0 Å². The molecule has 0 spiro atoms. The summed E-state index contributed by atoms with van der Waals surface area (Å²) in [6.45, 7) is 15.1. The Balaban J connectivity index is 4.87. The highest BCUT2D eigenvalue weighted by molar-refractivity contribution is 7.79. The Kier molecular flexibility index (Phi) is 8.78. The average Bonchev–Trinajstić information content (AvgIpc) is 2.34. The van der Waals surface area contributed by atoms with Gasteiger partial charge in [0.1, 0.15) is 5.60 Å². The van der Waals surface area contributed by atoms with Crippen LogP contribution in [0.1, 0.15) is 68.2 Å². The lowest BCUT2D eigenvalue weighted by Gasteiger charge is -2.36. The second kappa shape index (κ2) is 9.12. The first-order valence-corrected chi connectivity index (χ1v) is 9.96. The number of hydrogen-bond acceptors (Lipinski definition) is 4. The fourth-order valence-corrected chi connectivity index (χ4v) is 3.44. The molecule has 0 rings (SSSR count). The lowest BCUT2D eigenvalue weighted by atomic mass is 9.74. The Morgan fingerprint density at radius 1 is 1.08 bits per heavy atom. The summed E-state index contributed by atoms with van der Waals surface area (Å²) in [6, 6.07) is 0. The van der Waals surface area contributed by atoms with Crippen LogP contribution in [-0.2, 0) is 25.4 Å². The summed E-state index contributed by atoms with van der Waals surface area (Å²) in [5.74, 6) is -0.183. The minimum absolute atomic E-state index is 0.0172. The van der Waals surface area contributed by atoms with Gasteiger partial charge in [0, 0.05) is 12.0 Å². The SMILES string of the molecule is CC(C)CC(C)(C)OC(=O)C(C)(C)CC(C)(C)C(=O)NCCS(=O)O. The number of ether oxygens (including phenoxy) is 1. The van der Waals surface area contributed by atoms with Crippen molar-refractivity contribution in [2.45, 2.75) is 73.8 Å². The van der Waals surface area contributed by atoms with E-state index in [1.54, 1.807) is 27.7 Å². The monoisotopic (exact) mass is 377 g/mol. The molecule has 6 nitrogen and oxygen atoms in total. The lowest BCUT2D eigenvalue weighted by molar-refractivity contribution is -0.170. The second-order valence-corrected chi connectivity index (χ2v) is 10.0. The summed E-state index contributed by atoms with van der Waals surface area (Å²) in [5, 5.41) is 2.65. The Bertz CT molecular complexity index is 498. The van der Waals surface area contributed by atoms with E-state index in [-0.39, 0.29) is 24.2 Å². The molecule has 0 aromatic rings. The third-order valence-electron chi connectivity index (χ3n) is 3.88. The van der Waals surface area contributed by atoms with Gasteiger partial charge >= 0.3 is 5.97 Å². The molecule has 0 saturated carbocycles. The van der Waals surface area contributed by atoms with Crippen molar-refractivity contribution in [3.05, 3.63) is 0 Å². The van der Waals surface area contributed by atoms with Crippen molar-refractivity contribution in [2.24, 2.45) is 16.7 Å². The molecule has 0 heterocycles. The van der Waals surface area contributed by atoms with Crippen LogP contribution in [0.2, 0.25) is 0 Å². The quantitative estimate of drug-likeness (QED) is 0.451. The van der Waals surface area contributed by atoms with Crippen LogP contribution in [0.5, 0.6) is 0 Å². The van der Waals surface area contributed by atoms with Gasteiger partial charge in [-0.3, -0.25) is 9.59 Å². The van der Waals surface area contributed by atoms with Gasteiger partial charge in [0.15, 0.2) is 11.1 Å². The van der Waals surface area contributed by atoms with Gasteiger partial charge in [-0.05, 0) is 46.5 Å². The number of amides is 1. The maximum atomic E-state index is 12.6. The first-order valence-electron chi connectivity index (χ1n) is 8.68. The third kappa shape index (κ3) is 9.35. The number of esters is 1. The normalized spacial score (nSPS) is 14.3. The van der Waals surface area contributed by atoms with Crippen LogP contribution in [0.15, 0.2) is 0 Å². The zero-order valence-corrected chi connectivity index (χ0v) is 17.7.